The number of carbonyl (C=O) groups is 1. The van der Waals surface area contributed by atoms with Crippen LogP contribution in [0.3, 0.4) is 0 Å². The fraction of sp³-hybridized carbons (Fsp3) is 0.368. The zero-order chi connectivity index (χ0) is 20.3. The molecule has 148 valence electrons. The summed E-state index contributed by atoms with van der Waals surface area (Å²) in [4.78, 5) is 21.0. The number of para-hydroxylation sites is 1. The smallest absolute Gasteiger partial charge is 0.229 e. The second-order valence-electron chi connectivity index (χ2n) is 6.59. The predicted octanol–water partition coefficient (Wildman–Crippen LogP) is 5.18. The second-order valence-corrected chi connectivity index (χ2v) is 7.26. The Balaban J connectivity index is 2.06. The van der Waals surface area contributed by atoms with Gasteiger partial charge in [0.25, 0.3) is 0 Å². The number of alkyl halides is 1. The third-order valence-corrected chi connectivity index (χ3v) is 4.70. The summed E-state index contributed by atoms with van der Waals surface area (Å²) < 4.78 is 7.06. The van der Waals surface area contributed by atoms with Crippen molar-refractivity contribution in [3.63, 3.8) is 0 Å². The van der Waals surface area contributed by atoms with Gasteiger partial charge in [-0.1, -0.05) is 43.6 Å². The van der Waals surface area contributed by atoms with Crippen molar-refractivity contribution in [2.75, 3.05) is 5.32 Å². The molecule has 2 aromatic heterocycles. The first kappa shape index (κ1) is 20.4. The van der Waals surface area contributed by atoms with Crippen molar-refractivity contribution in [2.45, 2.75) is 45.4 Å². The highest BCUT2D eigenvalue weighted by molar-refractivity contribution is 6.34. The van der Waals surface area contributed by atoms with E-state index in [9.17, 15) is 4.79 Å². The zero-order valence-corrected chi connectivity index (χ0v) is 17.4. The number of hydrogen-bond acceptors (Lipinski definition) is 5. The van der Waals surface area contributed by atoms with Gasteiger partial charge in [0.2, 0.25) is 17.6 Å². The summed E-state index contributed by atoms with van der Waals surface area (Å²) in [6.45, 7) is 5.88. The van der Waals surface area contributed by atoms with Gasteiger partial charge in [-0.05, 0) is 18.6 Å². The molecule has 28 heavy (non-hydrogen) atoms. The van der Waals surface area contributed by atoms with E-state index in [1.807, 2.05) is 26.8 Å². The Labute approximate surface area is 173 Å². The molecule has 0 aliphatic heterocycles. The first-order valence-electron chi connectivity index (χ1n) is 9.01. The van der Waals surface area contributed by atoms with E-state index in [4.69, 9.17) is 27.7 Å². The standard InChI is InChI=1S/C19H21Cl2N5O2/c1-4-6-15(27)23-16-12(21)7-5-8-13(16)26-10-22-17(14(26)9-20)18-24-19(11(2)3)28-25-18/h5,7-8,10-11H,4,6,9H2,1-3H3,(H,23,27). The molecule has 1 aromatic carbocycles. The Kier molecular flexibility index (Phi) is 6.36. The van der Waals surface area contributed by atoms with E-state index < -0.39 is 0 Å². The van der Waals surface area contributed by atoms with Gasteiger partial charge in [0.05, 0.1) is 28.0 Å². The maximum absolute atomic E-state index is 12.1. The van der Waals surface area contributed by atoms with Crippen molar-refractivity contribution in [1.82, 2.24) is 19.7 Å². The van der Waals surface area contributed by atoms with Crippen molar-refractivity contribution >= 4 is 34.8 Å². The van der Waals surface area contributed by atoms with Gasteiger partial charge in [-0.15, -0.1) is 11.6 Å². The second kappa shape index (κ2) is 8.75. The highest BCUT2D eigenvalue weighted by Gasteiger charge is 2.21. The molecule has 0 atom stereocenters. The number of nitrogens with one attached hydrogen (secondary N) is 1. The summed E-state index contributed by atoms with van der Waals surface area (Å²) in [7, 11) is 0. The molecule has 1 N–H and O–H groups in total. The Morgan fingerprint density at radius 1 is 1.36 bits per heavy atom. The minimum atomic E-state index is -0.107. The molecule has 7 nitrogen and oxygen atoms in total. The number of aromatic nitrogens is 4. The van der Waals surface area contributed by atoms with Crippen LogP contribution in [0.5, 0.6) is 0 Å². The molecular formula is C19H21Cl2N5O2. The summed E-state index contributed by atoms with van der Waals surface area (Å²) in [6.07, 6.45) is 2.76. The topological polar surface area (TPSA) is 85.8 Å². The maximum Gasteiger partial charge on any atom is 0.229 e. The quantitative estimate of drug-likeness (QED) is 0.531. The number of rotatable bonds is 7. The molecule has 9 heteroatoms. The Hall–Kier alpha value is -2.38. The van der Waals surface area contributed by atoms with E-state index in [1.165, 1.54) is 0 Å². The van der Waals surface area contributed by atoms with Gasteiger partial charge in [-0.25, -0.2) is 4.98 Å². The van der Waals surface area contributed by atoms with Gasteiger partial charge >= 0.3 is 0 Å². The maximum atomic E-state index is 12.1. The fourth-order valence-corrected chi connectivity index (χ4v) is 3.20. The number of amides is 1. The normalized spacial score (nSPS) is 11.2. The molecule has 0 saturated heterocycles. The molecule has 0 aliphatic rings. The van der Waals surface area contributed by atoms with Crippen LogP contribution in [-0.2, 0) is 10.7 Å². The molecule has 0 bridgehead atoms. The number of carbonyl (C=O) groups excluding carboxylic acids is 1. The van der Waals surface area contributed by atoms with E-state index in [-0.39, 0.29) is 17.7 Å². The van der Waals surface area contributed by atoms with E-state index in [0.717, 1.165) is 6.42 Å². The molecule has 0 saturated carbocycles. The Morgan fingerprint density at radius 2 is 2.14 bits per heavy atom. The van der Waals surface area contributed by atoms with Crippen molar-refractivity contribution in [3.05, 3.63) is 41.1 Å². The van der Waals surface area contributed by atoms with E-state index in [2.05, 4.69) is 20.4 Å². The largest absolute Gasteiger partial charge is 0.339 e. The van der Waals surface area contributed by atoms with Crippen molar-refractivity contribution in [1.29, 1.82) is 0 Å². The Morgan fingerprint density at radius 3 is 2.79 bits per heavy atom. The van der Waals surface area contributed by atoms with Crippen molar-refractivity contribution in [2.24, 2.45) is 0 Å². The lowest BCUT2D eigenvalue weighted by Gasteiger charge is -2.15. The van der Waals surface area contributed by atoms with Crippen molar-refractivity contribution < 1.29 is 9.32 Å². The van der Waals surface area contributed by atoms with Crippen LogP contribution in [0.15, 0.2) is 29.0 Å². The predicted molar refractivity (Wildman–Crippen MR) is 109 cm³/mol. The third kappa shape index (κ3) is 4.05. The van der Waals surface area contributed by atoms with Crippen LogP contribution in [-0.4, -0.2) is 25.6 Å². The van der Waals surface area contributed by atoms with E-state index in [1.54, 1.807) is 23.0 Å². The van der Waals surface area contributed by atoms with E-state index >= 15 is 0 Å². The van der Waals surface area contributed by atoms with Gasteiger partial charge < -0.3 is 9.84 Å². The number of hydrogen-bond donors (Lipinski definition) is 1. The van der Waals surface area contributed by atoms with Gasteiger partial charge in [-0.3, -0.25) is 9.36 Å². The van der Waals surface area contributed by atoms with Gasteiger partial charge in [-0.2, -0.15) is 4.98 Å². The number of halogens is 2. The van der Waals surface area contributed by atoms with Gasteiger partial charge in [0, 0.05) is 12.3 Å². The highest BCUT2D eigenvalue weighted by atomic mass is 35.5. The molecule has 0 unspecified atom stereocenters. The van der Waals surface area contributed by atoms with Crippen LogP contribution >= 0.6 is 23.2 Å². The lowest BCUT2D eigenvalue weighted by Crippen LogP contribution is -2.13. The summed E-state index contributed by atoms with van der Waals surface area (Å²) in [6, 6.07) is 5.36. The lowest BCUT2D eigenvalue weighted by atomic mass is 10.2. The minimum Gasteiger partial charge on any atom is -0.339 e. The van der Waals surface area contributed by atoms with Crippen LogP contribution in [0.4, 0.5) is 5.69 Å². The van der Waals surface area contributed by atoms with Crippen LogP contribution < -0.4 is 5.32 Å². The molecular weight excluding hydrogens is 401 g/mol. The van der Waals surface area contributed by atoms with Crippen LogP contribution in [0.1, 0.15) is 51.1 Å². The summed E-state index contributed by atoms with van der Waals surface area (Å²) in [5, 5.41) is 7.33. The molecule has 0 radical (unpaired) electrons. The first-order chi connectivity index (χ1) is 13.5. The van der Waals surface area contributed by atoms with Crippen LogP contribution in [0.2, 0.25) is 5.02 Å². The van der Waals surface area contributed by atoms with Gasteiger partial charge in [0.1, 0.15) is 12.0 Å². The zero-order valence-electron chi connectivity index (χ0n) is 15.9. The summed E-state index contributed by atoms with van der Waals surface area (Å²) >= 11 is 12.6. The van der Waals surface area contributed by atoms with E-state index in [0.29, 0.717) is 45.9 Å². The first-order valence-corrected chi connectivity index (χ1v) is 9.92. The molecule has 0 fully saturated rings. The summed E-state index contributed by atoms with van der Waals surface area (Å²) in [5.41, 5.74) is 2.37. The third-order valence-electron chi connectivity index (χ3n) is 4.13. The van der Waals surface area contributed by atoms with Crippen molar-refractivity contribution in [3.8, 4) is 17.2 Å². The summed E-state index contributed by atoms with van der Waals surface area (Å²) in [5.74, 6) is 1.06. The molecule has 0 spiro atoms. The fourth-order valence-electron chi connectivity index (χ4n) is 2.73. The highest BCUT2D eigenvalue weighted by Crippen LogP contribution is 2.33. The average Bonchev–Trinajstić information content (AvgIpc) is 3.30. The number of anilines is 1. The molecule has 1 amide bonds. The van der Waals surface area contributed by atoms with Crippen LogP contribution in [0, 0.1) is 0 Å². The molecule has 2 heterocycles. The number of nitrogens with zero attached hydrogens (tertiary/aromatic N) is 4. The molecule has 3 aromatic rings. The number of imidazole rings is 1. The number of benzene rings is 1. The van der Waals surface area contributed by atoms with Gasteiger partial charge in [0.15, 0.2) is 0 Å². The SMILES string of the molecule is CCCC(=O)Nc1c(Cl)cccc1-n1cnc(-c2noc(C(C)C)n2)c1CCl. The van der Waals surface area contributed by atoms with Crippen LogP contribution in [0.25, 0.3) is 17.2 Å². The monoisotopic (exact) mass is 421 g/mol. The lowest BCUT2D eigenvalue weighted by molar-refractivity contribution is -0.116. The molecule has 0 aliphatic carbocycles. The average molecular weight is 422 g/mol. The minimum absolute atomic E-state index is 0.107. The molecule has 3 rings (SSSR count). The Bertz CT molecular complexity index is 981.